The molecule has 6 nitrogen and oxygen atoms in total. The van der Waals surface area contributed by atoms with Crippen LogP contribution in [0.5, 0.6) is 23.0 Å². The van der Waals surface area contributed by atoms with Gasteiger partial charge in [-0.3, -0.25) is 8.42 Å². The molecule has 10 heteroatoms. The van der Waals surface area contributed by atoms with E-state index in [0.717, 1.165) is 96.6 Å². The van der Waals surface area contributed by atoms with Gasteiger partial charge in [0.2, 0.25) is 0 Å². The Morgan fingerprint density at radius 3 is 1.19 bits per heavy atom. The number of rotatable bonds is 16. The monoisotopic (exact) mass is 806 g/mol. The number of methoxy groups -OCH3 is 4. The Hall–Kier alpha value is -3.02. The van der Waals surface area contributed by atoms with Gasteiger partial charge in [-0.15, -0.1) is 23.5 Å². The minimum atomic E-state index is -1.41. The molecule has 54 heavy (non-hydrogen) atoms. The molecule has 0 saturated carbocycles. The molecule has 290 valence electrons. The van der Waals surface area contributed by atoms with E-state index in [0.29, 0.717) is 45.3 Å². The average molecular weight is 807 g/mol. The molecular formula is C44H54O6S4. The number of unbranched alkanes of at least 4 members (excludes halogenated alkanes) is 4. The molecular weight excluding hydrogens is 753 g/mol. The van der Waals surface area contributed by atoms with Gasteiger partial charge in [0.15, 0.2) is 0 Å². The summed E-state index contributed by atoms with van der Waals surface area (Å²) in [6.45, 7) is 8.72. The van der Waals surface area contributed by atoms with E-state index in [1.807, 2.05) is 36.4 Å². The van der Waals surface area contributed by atoms with E-state index < -0.39 is 29.8 Å². The summed E-state index contributed by atoms with van der Waals surface area (Å²) in [5.74, 6) is 16.5. The second-order valence-electron chi connectivity index (χ2n) is 13.7. The molecule has 0 bridgehead atoms. The van der Waals surface area contributed by atoms with Crippen LogP contribution in [0.25, 0.3) is 0 Å². The lowest BCUT2D eigenvalue weighted by Crippen LogP contribution is -2.27. The van der Waals surface area contributed by atoms with Crippen molar-refractivity contribution in [3.8, 4) is 46.7 Å². The van der Waals surface area contributed by atoms with Gasteiger partial charge in [0.1, 0.15) is 31.2 Å². The van der Waals surface area contributed by atoms with Gasteiger partial charge in [-0.1, -0.05) is 103 Å². The minimum Gasteiger partial charge on any atom is -0.497 e. The zero-order valence-corrected chi connectivity index (χ0v) is 36.3. The maximum absolute atomic E-state index is 15.4. The fourth-order valence-corrected chi connectivity index (χ4v) is 15.3. The van der Waals surface area contributed by atoms with Crippen LogP contribution in [0, 0.1) is 23.7 Å². The predicted octanol–water partition coefficient (Wildman–Crippen LogP) is 11.1. The normalized spacial score (nSPS) is 17.4. The number of ether oxygens (including phenoxy) is 4. The molecule has 5 rings (SSSR count). The zero-order valence-electron chi connectivity index (χ0n) is 33.0. The zero-order chi connectivity index (χ0) is 38.9. The SMILES string of the molecule is CCCCC1(CCCC)Sc2c(C#Cc3cc(OC)ccc3OC)c3c(c(C#Cc4cc(OC)ccc4OC)c2[S@]1=O)SC(CCCC)(CCCC)[S@]3=O. The number of thioether (sulfide) groups is 2. The Morgan fingerprint density at radius 2 is 0.889 bits per heavy atom. The Balaban J connectivity index is 1.89. The highest BCUT2D eigenvalue weighted by atomic mass is 32.2. The molecule has 3 aromatic carbocycles. The summed E-state index contributed by atoms with van der Waals surface area (Å²) in [4.78, 5) is 3.17. The Morgan fingerprint density at radius 1 is 0.537 bits per heavy atom. The van der Waals surface area contributed by atoms with Crippen molar-refractivity contribution in [1.29, 1.82) is 0 Å². The first-order chi connectivity index (χ1) is 26.2. The lowest BCUT2D eigenvalue weighted by atomic mass is 10.1. The van der Waals surface area contributed by atoms with Crippen LogP contribution in [0.15, 0.2) is 56.0 Å². The standard InChI is InChI=1S/C44H54O6S4/c1-9-13-25-43(26-14-10-2)51-39-35(21-17-31-29-33(47-5)19-23-37(31)49-7)42-40(52-44(54(42)46,27-15-11-3)28-16-12-4)36(41(39)53(43)45)22-18-32-30-34(48-6)20-24-38(32)50-8/h19-20,23-24,29-30H,9-16,25-28H2,1-8H3/t53-,54+. The molecule has 0 unspecified atom stereocenters. The molecule has 0 aliphatic carbocycles. The predicted molar refractivity (Wildman–Crippen MR) is 226 cm³/mol. The number of hydrogen-bond acceptors (Lipinski definition) is 8. The molecule has 2 heterocycles. The molecule has 0 aromatic heterocycles. The molecule has 2 atom stereocenters. The highest BCUT2D eigenvalue weighted by molar-refractivity contribution is 8.16. The van der Waals surface area contributed by atoms with Crippen LogP contribution in [0.4, 0.5) is 0 Å². The van der Waals surface area contributed by atoms with Gasteiger partial charge in [-0.2, -0.15) is 0 Å². The largest absolute Gasteiger partial charge is 0.497 e. The molecule has 0 saturated heterocycles. The highest BCUT2D eigenvalue weighted by Gasteiger charge is 2.53. The molecule has 0 spiro atoms. The van der Waals surface area contributed by atoms with Crippen LogP contribution in [0.3, 0.4) is 0 Å². The van der Waals surface area contributed by atoms with Crippen LogP contribution in [-0.4, -0.2) is 45.0 Å². The van der Waals surface area contributed by atoms with E-state index in [9.17, 15) is 0 Å². The van der Waals surface area contributed by atoms with Crippen LogP contribution < -0.4 is 18.9 Å². The molecule has 0 radical (unpaired) electrons. The summed E-state index contributed by atoms with van der Waals surface area (Å²) in [7, 11) is 3.70. The first-order valence-electron chi connectivity index (χ1n) is 19.1. The van der Waals surface area contributed by atoms with Crippen molar-refractivity contribution in [3.05, 3.63) is 58.7 Å². The summed E-state index contributed by atoms with van der Waals surface area (Å²) >= 11 is 3.38. The summed E-state index contributed by atoms with van der Waals surface area (Å²) in [5, 5.41) is 0. The summed E-state index contributed by atoms with van der Waals surface area (Å²) < 4.78 is 52.2. The van der Waals surface area contributed by atoms with Gasteiger partial charge >= 0.3 is 0 Å². The van der Waals surface area contributed by atoms with Crippen molar-refractivity contribution >= 4 is 45.1 Å². The minimum absolute atomic E-state index is 0.536. The molecule has 0 N–H and O–H groups in total. The summed E-state index contributed by atoms with van der Waals surface area (Å²) in [5.41, 5.74) is 2.76. The number of benzene rings is 3. The van der Waals surface area contributed by atoms with Crippen molar-refractivity contribution in [1.82, 2.24) is 0 Å². The van der Waals surface area contributed by atoms with Crippen molar-refractivity contribution in [3.63, 3.8) is 0 Å². The third kappa shape index (κ3) is 8.53. The lowest BCUT2D eigenvalue weighted by Gasteiger charge is -2.27. The number of hydrogen-bond donors (Lipinski definition) is 0. The van der Waals surface area contributed by atoms with E-state index in [1.165, 1.54) is 0 Å². The molecule has 2 aliphatic rings. The van der Waals surface area contributed by atoms with Gasteiger partial charge in [0.25, 0.3) is 0 Å². The van der Waals surface area contributed by atoms with E-state index in [1.54, 1.807) is 52.0 Å². The van der Waals surface area contributed by atoms with Crippen molar-refractivity contribution in [2.75, 3.05) is 28.4 Å². The summed E-state index contributed by atoms with van der Waals surface area (Å²) in [6, 6.07) is 11.1. The van der Waals surface area contributed by atoms with Gasteiger partial charge in [-0.25, -0.2) is 0 Å². The third-order valence-electron chi connectivity index (χ3n) is 10.0. The van der Waals surface area contributed by atoms with E-state index in [2.05, 4.69) is 51.4 Å². The molecule has 0 fully saturated rings. The van der Waals surface area contributed by atoms with E-state index in [-0.39, 0.29) is 0 Å². The van der Waals surface area contributed by atoms with Crippen LogP contribution in [0.1, 0.15) is 127 Å². The van der Waals surface area contributed by atoms with Gasteiger partial charge < -0.3 is 18.9 Å². The quantitative estimate of drug-likeness (QED) is 0.133. The Kier molecular flexibility index (Phi) is 15.0. The Labute approximate surface area is 336 Å². The maximum Gasteiger partial charge on any atom is 0.134 e. The second-order valence-corrected chi connectivity index (χ2v) is 20.4. The molecule has 2 aliphatic heterocycles. The van der Waals surface area contributed by atoms with Gasteiger partial charge in [0, 0.05) is 9.79 Å². The first kappa shape index (κ1) is 42.1. The fraction of sp³-hybridized carbons (Fsp3) is 0.500. The van der Waals surface area contributed by atoms with Gasteiger partial charge in [-0.05, 0) is 62.1 Å². The maximum atomic E-state index is 15.4. The topological polar surface area (TPSA) is 71.1 Å². The van der Waals surface area contributed by atoms with E-state index >= 15 is 8.42 Å². The van der Waals surface area contributed by atoms with Crippen LogP contribution >= 0.6 is 23.5 Å². The first-order valence-corrected chi connectivity index (χ1v) is 23.1. The lowest BCUT2D eigenvalue weighted by molar-refractivity contribution is 0.402. The highest BCUT2D eigenvalue weighted by Crippen LogP contribution is 2.63. The average Bonchev–Trinajstić information content (AvgIpc) is 3.65. The van der Waals surface area contributed by atoms with Crippen molar-refractivity contribution < 1.29 is 27.4 Å². The smallest absolute Gasteiger partial charge is 0.134 e. The van der Waals surface area contributed by atoms with Crippen LogP contribution in [0.2, 0.25) is 0 Å². The fourth-order valence-electron chi connectivity index (χ4n) is 6.95. The van der Waals surface area contributed by atoms with Gasteiger partial charge in [0.05, 0.1) is 82.1 Å². The van der Waals surface area contributed by atoms with Crippen LogP contribution in [-0.2, 0) is 21.6 Å². The van der Waals surface area contributed by atoms with E-state index in [4.69, 9.17) is 18.9 Å². The molecule has 0 amide bonds. The van der Waals surface area contributed by atoms with Crippen molar-refractivity contribution in [2.24, 2.45) is 0 Å². The molecule has 3 aromatic rings. The second kappa shape index (κ2) is 19.2. The number of fused-ring (bicyclic) bond motifs is 2. The Bertz CT molecular complexity index is 1840. The third-order valence-corrected chi connectivity index (χ3v) is 18.2. The van der Waals surface area contributed by atoms with Crippen molar-refractivity contribution in [2.45, 2.75) is 132 Å². The summed E-state index contributed by atoms with van der Waals surface area (Å²) in [6.07, 6.45) is 11.1.